The van der Waals surface area contributed by atoms with Crippen LogP contribution in [-0.2, 0) is 4.74 Å². The van der Waals surface area contributed by atoms with Crippen LogP contribution >= 0.6 is 0 Å². The van der Waals surface area contributed by atoms with E-state index in [0.717, 1.165) is 6.61 Å². The van der Waals surface area contributed by atoms with Crippen LogP contribution in [0, 0.1) is 0 Å². The number of rotatable bonds is 16. The lowest BCUT2D eigenvalue weighted by Gasteiger charge is -2.03. The van der Waals surface area contributed by atoms with E-state index in [-0.39, 0.29) is 0 Å². The van der Waals surface area contributed by atoms with Gasteiger partial charge < -0.3 is 4.74 Å². The summed E-state index contributed by atoms with van der Waals surface area (Å²) in [6, 6.07) is 0. The largest absolute Gasteiger partial charge is 0.373 e. The zero-order valence-corrected chi connectivity index (χ0v) is 13.6. The second-order valence-corrected chi connectivity index (χ2v) is 6.42. The molecule has 1 atom stereocenters. The van der Waals surface area contributed by atoms with Crippen molar-refractivity contribution in [3.05, 3.63) is 12.7 Å². The smallest absolute Gasteiger partial charge is 0.0810 e. The zero-order chi connectivity index (χ0) is 14.3. The van der Waals surface area contributed by atoms with Gasteiger partial charge in [-0.2, -0.15) is 0 Å². The van der Waals surface area contributed by atoms with Crippen molar-refractivity contribution in [1.29, 1.82) is 0 Å². The second-order valence-electron chi connectivity index (χ2n) is 6.42. The third-order valence-corrected chi connectivity index (χ3v) is 4.34. The maximum Gasteiger partial charge on any atom is 0.0810 e. The van der Waals surface area contributed by atoms with Crippen molar-refractivity contribution in [3.63, 3.8) is 0 Å². The predicted molar refractivity (Wildman–Crippen MR) is 89.2 cm³/mol. The van der Waals surface area contributed by atoms with Gasteiger partial charge >= 0.3 is 0 Å². The first-order valence-electron chi connectivity index (χ1n) is 9.16. The van der Waals surface area contributed by atoms with E-state index in [4.69, 9.17) is 4.74 Å². The van der Waals surface area contributed by atoms with Crippen molar-refractivity contribution in [2.24, 2.45) is 0 Å². The van der Waals surface area contributed by atoms with Gasteiger partial charge in [0, 0.05) is 0 Å². The molecule has 1 aliphatic heterocycles. The lowest BCUT2D eigenvalue weighted by atomic mass is 10.0. The van der Waals surface area contributed by atoms with Gasteiger partial charge in [0.15, 0.2) is 0 Å². The van der Waals surface area contributed by atoms with E-state index < -0.39 is 0 Å². The summed E-state index contributed by atoms with van der Waals surface area (Å²) >= 11 is 0. The fraction of sp³-hybridized carbons (Fsp3) is 0.895. The second kappa shape index (κ2) is 13.7. The van der Waals surface area contributed by atoms with Gasteiger partial charge in [-0.3, -0.25) is 0 Å². The Kier molecular flexibility index (Phi) is 12.1. The molecule has 0 radical (unpaired) electrons. The van der Waals surface area contributed by atoms with E-state index in [1.54, 1.807) is 0 Å². The Morgan fingerprint density at radius 1 is 0.700 bits per heavy atom. The monoisotopic (exact) mass is 280 g/mol. The first kappa shape index (κ1) is 17.8. The third-order valence-electron chi connectivity index (χ3n) is 4.34. The minimum absolute atomic E-state index is 0.645. The molecule has 20 heavy (non-hydrogen) atoms. The Balaban J connectivity index is 1.61. The highest BCUT2D eigenvalue weighted by Crippen LogP contribution is 2.18. The van der Waals surface area contributed by atoms with E-state index in [9.17, 15) is 0 Å². The van der Waals surface area contributed by atoms with Crippen LogP contribution in [0.15, 0.2) is 12.7 Å². The van der Waals surface area contributed by atoms with Crippen molar-refractivity contribution in [3.8, 4) is 0 Å². The highest BCUT2D eigenvalue weighted by molar-refractivity contribution is 4.68. The molecular formula is C19H36O. The number of hydrogen-bond acceptors (Lipinski definition) is 1. The van der Waals surface area contributed by atoms with Gasteiger partial charge in [-0.15, -0.1) is 6.58 Å². The summed E-state index contributed by atoms with van der Waals surface area (Å²) in [5, 5.41) is 0. The Hall–Kier alpha value is -0.300. The summed E-state index contributed by atoms with van der Waals surface area (Å²) in [6.45, 7) is 4.80. The standard InChI is InChI=1S/C19H36O/c1-2-3-4-5-6-7-8-9-10-11-12-13-14-15-16-17-19-18-20-19/h2,19H,1,3-18H2. The van der Waals surface area contributed by atoms with Crippen LogP contribution in [0.25, 0.3) is 0 Å². The molecule has 118 valence electrons. The number of allylic oxidation sites excluding steroid dienone is 1. The molecule has 0 saturated carbocycles. The van der Waals surface area contributed by atoms with Crippen molar-refractivity contribution < 1.29 is 4.74 Å². The molecule has 0 aromatic heterocycles. The van der Waals surface area contributed by atoms with Crippen LogP contribution in [0.3, 0.4) is 0 Å². The molecule has 0 amide bonds. The van der Waals surface area contributed by atoms with E-state index in [1.807, 2.05) is 6.08 Å². The minimum atomic E-state index is 0.645. The summed E-state index contributed by atoms with van der Waals surface area (Å²) in [7, 11) is 0. The summed E-state index contributed by atoms with van der Waals surface area (Å²) in [6.07, 6.45) is 23.8. The first-order valence-corrected chi connectivity index (χ1v) is 9.16. The summed E-state index contributed by atoms with van der Waals surface area (Å²) < 4.78 is 5.22. The van der Waals surface area contributed by atoms with Gasteiger partial charge in [0.2, 0.25) is 0 Å². The van der Waals surface area contributed by atoms with Crippen molar-refractivity contribution in [1.82, 2.24) is 0 Å². The van der Waals surface area contributed by atoms with E-state index >= 15 is 0 Å². The number of epoxide rings is 1. The zero-order valence-electron chi connectivity index (χ0n) is 13.6. The van der Waals surface area contributed by atoms with Crippen LogP contribution in [0.5, 0.6) is 0 Å². The van der Waals surface area contributed by atoms with Gasteiger partial charge in [0.1, 0.15) is 0 Å². The Labute approximate surface area is 127 Å². The number of unbranched alkanes of at least 4 members (excludes halogenated alkanes) is 13. The average molecular weight is 280 g/mol. The molecule has 0 aromatic rings. The lowest BCUT2D eigenvalue weighted by Crippen LogP contribution is -1.86. The quantitative estimate of drug-likeness (QED) is 0.180. The Morgan fingerprint density at radius 2 is 1.10 bits per heavy atom. The Bertz CT molecular complexity index is 208. The fourth-order valence-electron chi connectivity index (χ4n) is 2.84. The van der Waals surface area contributed by atoms with Gasteiger partial charge in [-0.1, -0.05) is 83.1 Å². The van der Waals surface area contributed by atoms with Gasteiger partial charge in [0.05, 0.1) is 12.7 Å². The topological polar surface area (TPSA) is 12.5 Å². The normalized spacial score (nSPS) is 17.3. The molecule has 1 fully saturated rings. The van der Waals surface area contributed by atoms with Crippen LogP contribution in [0.1, 0.15) is 96.3 Å². The molecule has 0 aromatic carbocycles. The molecular weight excluding hydrogens is 244 g/mol. The van der Waals surface area contributed by atoms with Crippen molar-refractivity contribution >= 4 is 0 Å². The minimum Gasteiger partial charge on any atom is -0.373 e. The lowest BCUT2D eigenvalue weighted by molar-refractivity contribution is 0.387. The van der Waals surface area contributed by atoms with Gasteiger partial charge in [-0.05, 0) is 19.3 Å². The number of hydrogen-bond donors (Lipinski definition) is 0. The highest BCUT2D eigenvalue weighted by Gasteiger charge is 2.20. The maximum absolute atomic E-state index is 5.22. The molecule has 1 saturated heterocycles. The summed E-state index contributed by atoms with van der Waals surface area (Å²) in [4.78, 5) is 0. The number of ether oxygens (including phenoxy) is 1. The van der Waals surface area contributed by atoms with Crippen LogP contribution < -0.4 is 0 Å². The Morgan fingerprint density at radius 3 is 1.50 bits per heavy atom. The van der Waals surface area contributed by atoms with Crippen LogP contribution in [-0.4, -0.2) is 12.7 Å². The SMILES string of the molecule is C=CCCCCCCCCCCCCCCCC1CO1. The third kappa shape index (κ3) is 12.7. The van der Waals surface area contributed by atoms with Gasteiger partial charge in [0.25, 0.3) is 0 Å². The van der Waals surface area contributed by atoms with E-state index in [1.165, 1.54) is 96.3 Å². The molecule has 1 rings (SSSR count). The molecule has 1 unspecified atom stereocenters. The maximum atomic E-state index is 5.22. The van der Waals surface area contributed by atoms with Crippen LogP contribution in [0.4, 0.5) is 0 Å². The highest BCUT2D eigenvalue weighted by atomic mass is 16.6. The van der Waals surface area contributed by atoms with Crippen LogP contribution in [0.2, 0.25) is 0 Å². The van der Waals surface area contributed by atoms with Crippen molar-refractivity contribution in [2.45, 2.75) is 102 Å². The molecule has 0 N–H and O–H groups in total. The van der Waals surface area contributed by atoms with E-state index in [0.29, 0.717) is 6.10 Å². The van der Waals surface area contributed by atoms with Gasteiger partial charge in [-0.25, -0.2) is 0 Å². The average Bonchev–Trinajstić information content (AvgIpc) is 3.27. The first-order chi connectivity index (χ1) is 9.93. The molecule has 0 spiro atoms. The summed E-state index contributed by atoms with van der Waals surface area (Å²) in [5.74, 6) is 0. The predicted octanol–water partition coefficient (Wildman–Crippen LogP) is 6.42. The van der Waals surface area contributed by atoms with E-state index in [2.05, 4.69) is 6.58 Å². The fourth-order valence-corrected chi connectivity index (χ4v) is 2.84. The molecule has 1 heterocycles. The van der Waals surface area contributed by atoms with Crippen molar-refractivity contribution in [2.75, 3.05) is 6.61 Å². The summed E-state index contributed by atoms with van der Waals surface area (Å²) in [5.41, 5.74) is 0. The molecule has 1 heteroatoms. The molecule has 1 aliphatic rings. The molecule has 1 nitrogen and oxygen atoms in total. The molecule has 0 bridgehead atoms. The molecule has 0 aliphatic carbocycles.